The third-order valence-corrected chi connectivity index (χ3v) is 2.70. The first-order valence-electron chi connectivity index (χ1n) is 5.82. The summed E-state index contributed by atoms with van der Waals surface area (Å²) in [7, 11) is 0. The maximum Gasteiger partial charge on any atom is 0.343 e. The highest BCUT2D eigenvalue weighted by molar-refractivity contribution is 5.94. The van der Waals surface area contributed by atoms with E-state index in [0.29, 0.717) is 0 Å². The van der Waals surface area contributed by atoms with E-state index in [4.69, 9.17) is 10.2 Å². The number of nitro groups is 1. The zero-order valence-electron chi connectivity index (χ0n) is 10.9. The van der Waals surface area contributed by atoms with E-state index < -0.39 is 28.8 Å². The number of carboxylic acid groups (broad SMARTS) is 1. The number of nitro benzene ring substituents is 1. The number of aromatic carboxylic acids is 1. The van der Waals surface area contributed by atoms with Crippen LogP contribution in [0.4, 0.5) is 5.69 Å². The molecular weight excluding hydrogens is 268 g/mol. The molecule has 0 aromatic heterocycles. The predicted octanol–water partition coefficient (Wildman–Crippen LogP) is 0.126. The molecule has 1 unspecified atom stereocenters. The highest BCUT2D eigenvalue weighted by Gasteiger charge is 2.24. The summed E-state index contributed by atoms with van der Waals surface area (Å²) in [5, 5.41) is 41.1. The van der Waals surface area contributed by atoms with Crippen LogP contribution in [0.3, 0.4) is 0 Å². The Kier molecular flexibility index (Phi) is 5.14. The first kappa shape index (κ1) is 16.0. The second-order valence-corrected chi connectivity index (χ2v) is 4.63. The van der Waals surface area contributed by atoms with E-state index in [1.807, 2.05) is 0 Å². The second-order valence-electron chi connectivity index (χ2n) is 4.63. The van der Waals surface area contributed by atoms with Crippen molar-refractivity contribution in [3.8, 4) is 0 Å². The molecule has 0 aliphatic rings. The van der Waals surface area contributed by atoms with Gasteiger partial charge in [0.15, 0.2) is 0 Å². The molecule has 8 nitrogen and oxygen atoms in total. The van der Waals surface area contributed by atoms with Crippen LogP contribution in [0.1, 0.15) is 22.8 Å². The number of carbonyl (C=O) groups is 1. The van der Waals surface area contributed by atoms with Gasteiger partial charge in [-0.3, -0.25) is 10.1 Å². The Morgan fingerprint density at radius 3 is 2.65 bits per heavy atom. The van der Waals surface area contributed by atoms with Crippen molar-refractivity contribution in [2.75, 3.05) is 13.2 Å². The summed E-state index contributed by atoms with van der Waals surface area (Å²) in [5.74, 6) is -1.39. The molecule has 0 aliphatic heterocycles. The molecule has 1 rings (SSSR count). The molecule has 8 heteroatoms. The average Bonchev–Trinajstić information content (AvgIpc) is 2.37. The lowest BCUT2D eigenvalue weighted by Gasteiger charge is -2.20. The van der Waals surface area contributed by atoms with E-state index in [9.17, 15) is 20.0 Å². The van der Waals surface area contributed by atoms with E-state index in [1.54, 1.807) is 0 Å². The lowest BCUT2D eigenvalue weighted by atomic mass is 10.0. The van der Waals surface area contributed by atoms with Crippen LogP contribution in [-0.4, -0.2) is 45.0 Å². The number of hydrogen-bond donors (Lipinski definition) is 4. The van der Waals surface area contributed by atoms with Gasteiger partial charge in [0.25, 0.3) is 5.69 Å². The molecule has 20 heavy (non-hydrogen) atoms. The first-order valence-corrected chi connectivity index (χ1v) is 5.82. The topological polar surface area (TPSA) is 133 Å². The highest BCUT2D eigenvalue weighted by atomic mass is 16.6. The maximum absolute atomic E-state index is 11.1. The Morgan fingerprint density at radius 2 is 2.15 bits per heavy atom. The molecule has 1 aromatic rings. The largest absolute Gasteiger partial charge is 0.477 e. The maximum atomic E-state index is 11.1. The Balaban J connectivity index is 2.93. The summed E-state index contributed by atoms with van der Waals surface area (Å²) in [6, 6.07) is 3.97. The standard InChI is InChI=1S/C12H16N2O6/c1-12(18,7-15)6-13-5-8-3-2-4-9(14(19)20)10(8)11(16)17/h2-4,13,15,18H,5-7H2,1H3,(H,16,17). The van der Waals surface area contributed by atoms with Crippen molar-refractivity contribution in [2.24, 2.45) is 0 Å². The van der Waals surface area contributed by atoms with Gasteiger partial charge in [0, 0.05) is 19.2 Å². The van der Waals surface area contributed by atoms with Crippen molar-refractivity contribution in [2.45, 2.75) is 19.1 Å². The highest BCUT2D eigenvalue weighted by Crippen LogP contribution is 2.22. The van der Waals surface area contributed by atoms with E-state index >= 15 is 0 Å². The minimum atomic E-state index is -1.39. The van der Waals surface area contributed by atoms with Gasteiger partial charge >= 0.3 is 5.97 Å². The van der Waals surface area contributed by atoms with Crippen LogP contribution >= 0.6 is 0 Å². The van der Waals surface area contributed by atoms with Gasteiger partial charge in [-0.2, -0.15) is 0 Å². The number of hydrogen-bond acceptors (Lipinski definition) is 6. The van der Waals surface area contributed by atoms with Crippen LogP contribution in [0, 0.1) is 10.1 Å². The third-order valence-electron chi connectivity index (χ3n) is 2.70. The lowest BCUT2D eigenvalue weighted by molar-refractivity contribution is -0.385. The number of aliphatic hydroxyl groups excluding tert-OH is 1. The second kappa shape index (κ2) is 6.42. The molecule has 0 aliphatic carbocycles. The smallest absolute Gasteiger partial charge is 0.343 e. The molecule has 0 radical (unpaired) electrons. The van der Waals surface area contributed by atoms with Crippen LogP contribution in [0.25, 0.3) is 0 Å². The van der Waals surface area contributed by atoms with Crippen molar-refractivity contribution in [3.05, 3.63) is 39.4 Å². The Morgan fingerprint density at radius 1 is 1.50 bits per heavy atom. The van der Waals surface area contributed by atoms with E-state index in [0.717, 1.165) is 6.07 Å². The molecule has 1 atom stereocenters. The molecule has 110 valence electrons. The van der Waals surface area contributed by atoms with Gasteiger partial charge in [-0.25, -0.2) is 4.79 Å². The third kappa shape index (κ3) is 3.98. The van der Waals surface area contributed by atoms with Crippen LogP contribution in [0.2, 0.25) is 0 Å². The molecule has 1 aromatic carbocycles. The minimum Gasteiger partial charge on any atom is -0.477 e. The molecule has 0 fully saturated rings. The van der Waals surface area contributed by atoms with Crippen molar-refractivity contribution in [1.82, 2.24) is 5.32 Å². The van der Waals surface area contributed by atoms with Crippen LogP contribution in [-0.2, 0) is 6.54 Å². The normalized spacial score (nSPS) is 13.8. The van der Waals surface area contributed by atoms with Gasteiger partial charge in [0.2, 0.25) is 0 Å². The van der Waals surface area contributed by atoms with Gasteiger partial charge in [0.05, 0.1) is 17.1 Å². The Labute approximate surface area is 114 Å². The minimum absolute atomic E-state index is 0.0191. The summed E-state index contributed by atoms with van der Waals surface area (Å²) < 4.78 is 0. The SMILES string of the molecule is CC(O)(CO)CNCc1cccc([N+](=O)[O-])c1C(=O)O. The van der Waals surface area contributed by atoms with Crippen molar-refractivity contribution >= 4 is 11.7 Å². The Bertz CT molecular complexity index is 515. The molecule has 0 heterocycles. The number of benzene rings is 1. The molecule has 0 saturated heterocycles. The molecule has 0 saturated carbocycles. The number of aliphatic hydroxyl groups is 2. The number of nitrogens with zero attached hydrogens (tertiary/aromatic N) is 1. The summed E-state index contributed by atoms with van der Waals surface area (Å²) in [4.78, 5) is 21.2. The first-order chi connectivity index (χ1) is 9.28. The summed E-state index contributed by atoms with van der Waals surface area (Å²) >= 11 is 0. The summed E-state index contributed by atoms with van der Waals surface area (Å²) in [5.41, 5.74) is -1.97. The quantitative estimate of drug-likeness (QED) is 0.413. The predicted molar refractivity (Wildman–Crippen MR) is 69.5 cm³/mol. The van der Waals surface area contributed by atoms with E-state index in [1.165, 1.54) is 19.1 Å². The van der Waals surface area contributed by atoms with Crippen molar-refractivity contribution in [3.63, 3.8) is 0 Å². The fourth-order valence-electron chi connectivity index (χ4n) is 1.66. The van der Waals surface area contributed by atoms with Crippen molar-refractivity contribution in [1.29, 1.82) is 0 Å². The fourth-order valence-corrected chi connectivity index (χ4v) is 1.66. The lowest BCUT2D eigenvalue weighted by Crippen LogP contribution is -2.40. The average molecular weight is 284 g/mol. The van der Waals surface area contributed by atoms with Crippen LogP contribution in [0.15, 0.2) is 18.2 Å². The van der Waals surface area contributed by atoms with Crippen LogP contribution < -0.4 is 5.32 Å². The van der Waals surface area contributed by atoms with E-state index in [2.05, 4.69) is 5.32 Å². The van der Waals surface area contributed by atoms with Crippen molar-refractivity contribution < 1.29 is 25.0 Å². The van der Waals surface area contributed by atoms with Gasteiger partial charge < -0.3 is 20.6 Å². The molecular formula is C12H16N2O6. The zero-order chi connectivity index (χ0) is 15.3. The molecule has 0 bridgehead atoms. The Hall–Kier alpha value is -2.03. The van der Waals surface area contributed by atoms with Gasteiger partial charge in [-0.15, -0.1) is 0 Å². The molecule has 0 spiro atoms. The van der Waals surface area contributed by atoms with Gasteiger partial charge in [-0.05, 0) is 12.5 Å². The summed E-state index contributed by atoms with van der Waals surface area (Å²) in [6.07, 6.45) is 0. The monoisotopic (exact) mass is 284 g/mol. The number of carboxylic acids is 1. The zero-order valence-corrected chi connectivity index (χ0v) is 10.9. The number of nitrogens with one attached hydrogen (secondary N) is 1. The van der Waals surface area contributed by atoms with E-state index in [-0.39, 0.29) is 24.2 Å². The molecule has 0 amide bonds. The summed E-state index contributed by atoms with van der Waals surface area (Å²) in [6.45, 7) is 0.997. The fraction of sp³-hybridized carbons (Fsp3) is 0.417. The van der Waals surface area contributed by atoms with Gasteiger partial charge in [-0.1, -0.05) is 12.1 Å². The number of rotatable bonds is 7. The van der Waals surface area contributed by atoms with Crippen LogP contribution in [0.5, 0.6) is 0 Å². The molecule has 4 N–H and O–H groups in total. The van der Waals surface area contributed by atoms with Gasteiger partial charge in [0.1, 0.15) is 5.56 Å².